The molecule has 2 saturated heterocycles. The molecule has 0 atom stereocenters. The van der Waals surface area contributed by atoms with E-state index in [2.05, 4.69) is 86.5 Å². The second-order valence-corrected chi connectivity index (χ2v) is 11.7. The second kappa shape index (κ2) is 6.53. The number of H-pyrrole nitrogens is 1. The summed E-state index contributed by atoms with van der Waals surface area (Å²) in [5.41, 5.74) is 6.58. The van der Waals surface area contributed by atoms with Gasteiger partial charge in [0, 0.05) is 22.6 Å². The van der Waals surface area contributed by atoms with Gasteiger partial charge in [0.1, 0.15) is 0 Å². The van der Waals surface area contributed by atoms with Crippen LogP contribution in [0, 0.1) is 6.92 Å². The zero-order valence-corrected chi connectivity index (χ0v) is 21.1. The average Bonchev–Trinajstić information content (AvgIpc) is 3.32. The standard InChI is InChI=1S/C25H35B2NO4/c1-14-11-12-16-17(14)20(27-31-24(7,8)25(9,10)32-27)21-18(15(2)13-28-21)19(16)26-29-22(3,4)23(5,6)30-26/h11,13,28H,12H2,1-10H3. The predicted molar refractivity (Wildman–Crippen MR) is 132 cm³/mol. The van der Waals surface area contributed by atoms with Crippen LogP contribution in [0.3, 0.4) is 0 Å². The second-order valence-electron chi connectivity index (χ2n) is 11.7. The molecule has 2 aromatic rings. The van der Waals surface area contributed by atoms with E-state index in [1.165, 1.54) is 22.3 Å². The first-order chi connectivity index (χ1) is 14.7. The van der Waals surface area contributed by atoms with E-state index in [0.717, 1.165) is 28.2 Å². The molecule has 32 heavy (non-hydrogen) atoms. The number of hydrogen-bond donors (Lipinski definition) is 1. The van der Waals surface area contributed by atoms with Crippen LogP contribution in [0.5, 0.6) is 0 Å². The maximum absolute atomic E-state index is 6.55. The minimum Gasteiger partial charge on any atom is -0.399 e. The SMILES string of the molecule is CC1=CCc2c1c(B1OC(C)(C)C(C)(C)O1)c1[nH]cc(C)c1c2B1OC(C)(C)C(C)(C)O1. The van der Waals surface area contributed by atoms with Crippen molar-refractivity contribution < 1.29 is 18.6 Å². The number of hydrogen-bond acceptors (Lipinski definition) is 4. The molecule has 1 aromatic heterocycles. The Bertz CT molecular complexity index is 1130. The normalized spacial score (nSPS) is 25.0. The van der Waals surface area contributed by atoms with Gasteiger partial charge in [0.15, 0.2) is 0 Å². The monoisotopic (exact) mass is 435 g/mol. The predicted octanol–water partition coefficient (Wildman–Crippen LogP) is 4.03. The quantitative estimate of drug-likeness (QED) is 0.724. The van der Waals surface area contributed by atoms with Crippen LogP contribution in [0.2, 0.25) is 0 Å². The van der Waals surface area contributed by atoms with E-state index >= 15 is 0 Å². The average molecular weight is 435 g/mol. The van der Waals surface area contributed by atoms with E-state index in [1.807, 2.05) is 0 Å². The highest BCUT2D eigenvalue weighted by Crippen LogP contribution is 2.41. The molecule has 7 heteroatoms. The molecule has 0 unspecified atom stereocenters. The van der Waals surface area contributed by atoms with Crippen molar-refractivity contribution >= 4 is 41.6 Å². The summed E-state index contributed by atoms with van der Waals surface area (Å²) in [7, 11) is -0.861. The molecular weight excluding hydrogens is 400 g/mol. The number of allylic oxidation sites excluding steroid dienone is 2. The summed E-state index contributed by atoms with van der Waals surface area (Å²) >= 11 is 0. The van der Waals surface area contributed by atoms with Gasteiger partial charge in [0.2, 0.25) is 0 Å². The van der Waals surface area contributed by atoms with Crippen molar-refractivity contribution in [2.45, 2.75) is 98.1 Å². The van der Waals surface area contributed by atoms with Crippen LogP contribution in [0.15, 0.2) is 12.3 Å². The molecule has 1 N–H and O–H groups in total. The molecule has 3 aliphatic rings. The zero-order valence-electron chi connectivity index (χ0n) is 21.1. The summed E-state index contributed by atoms with van der Waals surface area (Å²) in [5, 5.41) is 1.16. The summed E-state index contributed by atoms with van der Waals surface area (Å²) in [6, 6.07) is 0. The van der Waals surface area contributed by atoms with Crippen LogP contribution in [-0.2, 0) is 25.0 Å². The highest BCUT2D eigenvalue weighted by Gasteiger charge is 2.56. The first kappa shape index (κ1) is 22.3. The summed E-state index contributed by atoms with van der Waals surface area (Å²) in [6.45, 7) is 21.2. The van der Waals surface area contributed by atoms with Gasteiger partial charge in [-0.25, -0.2) is 0 Å². The molecule has 0 radical (unpaired) electrons. The molecule has 5 rings (SSSR count). The highest BCUT2D eigenvalue weighted by atomic mass is 16.7. The van der Waals surface area contributed by atoms with Crippen molar-refractivity contribution in [3.05, 3.63) is 29.0 Å². The van der Waals surface area contributed by atoms with Crippen LogP contribution < -0.4 is 10.9 Å². The van der Waals surface area contributed by atoms with Crippen molar-refractivity contribution in [1.82, 2.24) is 4.98 Å². The fourth-order valence-corrected chi connectivity index (χ4v) is 5.09. The van der Waals surface area contributed by atoms with Crippen molar-refractivity contribution in [1.29, 1.82) is 0 Å². The molecule has 0 bridgehead atoms. The molecule has 0 amide bonds. The Labute approximate surface area is 192 Å². The number of fused-ring (bicyclic) bond motifs is 2. The number of rotatable bonds is 2. The van der Waals surface area contributed by atoms with Crippen LogP contribution in [0.1, 0.15) is 79.0 Å². The van der Waals surface area contributed by atoms with Gasteiger partial charge in [-0.1, -0.05) is 6.08 Å². The molecule has 0 spiro atoms. The molecular formula is C25H35B2NO4. The van der Waals surface area contributed by atoms with Crippen molar-refractivity contribution in [3.63, 3.8) is 0 Å². The first-order valence-corrected chi connectivity index (χ1v) is 11.7. The lowest BCUT2D eigenvalue weighted by molar-refractivity contribution is 0.00578. The van der Waals surface area contributed by atoms with Crippen molar-refractivity contribution in [3.8, 4) is 0 Å². The summed E-state index contributed by atoms with van der Waals surface area (Å²) in [5.74, 6) is 0. The van der Waals surface area contributed by atoms with Gasteiger partial charge in [0.25, 0.3) is 0 Å². The van der Waals surface area contributed by atoms with Crippen LogP contribution in [-0.4, -0.2) is 41.6 Å². The number of aromatic amines is 1. The van der Waals surface area contributed by atoms with Gasteiger partial charge in [-0.3, -0.25) is 0 Å². The number of benzene rings is 1. The summed E-state index contributed by atoms with van der Waals surface area (Å²) in [4.78, 5) is 3.55. The fraction of sp³-hybridized carbons (Fsp3) is 0.600. The molecule has 1 aliphatic carbocycles. The summed E-state index contributed by atoms with van der Waals surface area (Å²) in [6.07, 6.45) is 5.22. The Morgan fingerprint density at radius 3 is 1.72 bits per heavy atom. The minimum atomic E-state index is -0.442. The van der Waals surface area contributed by atoms with Crippen LogP contribution in [0.4, 0.5) is 0 Å². The Morgan fingerprint density at radius 1 is 0.750 bits per heavy atom. The lowest BCUT2D eigenvalue weighted by Gasteiger charge is -2.32. The van der Waals surface area contributed by atoms with Gasteiger partial charge in [-0.2, -0.15) is 0 Å². The van der Waals surface area contributed by atoms with Crippen molar-refractivity contribution in [2.24, 2.45) is 0 Å². The molecule has 3 heterocycles. The Kier molecular flexibility index (Phi) is 4.55. The van der Waals surface area contributed by atoms with Gasteiger partial charge in [-0.05, 0) is 103 Å². The Balaban J connectivity index is 1.76. The lowest BCUT2D eigenvalue weighted by atomic mass is 9.65. The van der Waals surface area contributed by atoms with E-state index in [1.54, 1.807) is 0 Å². The first-order valence-electron chi connectivity index (χ1n) is 11.7. The van der Waals surface area contributed by atoms with E-state index in [4.69, 9.17) is 18.6 Å². The van der Waals surface area contributed by atoms with Crippen molar-refractivity contribution in [2.75, 3.05) is 0 Å². The van der Waals surface area contributed by atoms with E-state index in [0.29, 0.717) is 0 Å². The topological polar surface area (TPSA) is 52.7 Å². The van der Waals surface area contributed by atoms with Gasteiger partial charge < -0.3 is 23.6 Å². The Morgan fingerprint density at radius 2 is 1.22 bits per heavy atom. The van der Waals surface area contributed by atoms with Gasteiger partial charge in [-0.15, -0.1) is 0 Å². The smallest absolute Gasteiger partial charge is 0.399 e. The van der Waals surface area contributed by atoms with E-state index in [9.17, 15) is 0 Å². The number of nitrogens with one attached hydrogen (secondary N) is 1. The van der Waals surface area contributed by atoms with Gasteiger partial charge >= 0.3 is 14.2 Å². The number of aromatic nitrogens is 1. The van der Waals surface area contributed by atoms with E-state index in [-0.39, 0.29) is 0 Å². The maximum Gasteiger partial charge on any atom is 0.497 e. The zero-order chi connectivity index (χ0) is 23.4. The largest absolute Gasteiger partial charge is 0.497 e. The lowest BCUT2D eigenvalue weighted by Crippen LogP contribution is -2.43. The molecule has 0 saturated carbocycles. The molecule has 5 nitrogen and oxygen atoms in total. The molecule has 2 aliphatic heterocycles. The molecule has 1 aromatic carbocycles. The highest BCUT2D eigenvalue weighted by molar-refractivity contribution is 6.70. The number of aryl methyl sites for hydroxylation is 1. The van der Waals surface area contributed by atoms with Gasteiger partial charge in [0.05, 0.1) is 22.4 Å². The minimum absolute atomic E-state index is 0.396. The summed E-state index contributed by atoms with van der Waals surface area (Å²) < 4.78 is 26.2. The third-order valence-electron chi connectivity index (χ3n) is 8.50. The van der Waals surface area contributed by atoms with Crippen LogP contribution in [0.25, 0.3) is 16.5 Å². The molecule has 170 valence electrons. The molecule has 2 fully saturated rings. The maximum atomic E-state index is 6.55. The fourth-order valence-electron chi connectivity index (χ4n) is 5.09. The third-order valence-corrected chi connectivity index (χ3v) is 8.50. The van der Waals surface area contributed by atoms with E-state index < -0.39 is 36.6 Å². The third kappa shape index (κ3) is 2.87. The Hall–Kier alpha value is -1.53. The van der Waals surface area contributed by atoms with Crippen LogP contribution >= 0.6 is 0 Å².